The molecule has 1 amide bonds. The highest BCUT2D eigenvalue weighted by atomic mass is 16.6. The van der Waals surface area contributed by atoms with Crippen LogP contribution in [0.3, 0.4) is 0 Å². The predicted octanol–water partition coefficient (Wildman–Crippen LogP) is 5.10. The third-order valence-corrected chi connectivity index (χ3v) is 6.45. The number of carbonyl (C=O) groups is 2. The molecule has 1 N–H and O–H groups in total. The van der Waals surface area contributed by atoms with E-state index in [4.69, 9.17) is 4.74 Å². The number of amides is 1. The lowest BCUT2D eigenvalue weighted by molar-refractivity contribution is -0.161. The second-order valence-electron chi connectivity index (χ2n) is 10.1. The van der Waals surface area contributed by atoms with Gasteiger partial charge >= 0.3 is 5.97 Å². The smallest absolute Gasteiger partial charge is 0.323 e. The Bertz CT molecular complexity index is 752. The summed E-state index contributed by atoms with van der Waals surface area (Å²) in [5.74, 6) is 0.356. The fourth-order valence-electron chi connectivity index (χ4n) is 4.89. The SMILES string of the molecule is C=C[C@@H]1C[C@H](C(=O)OC(C)(C)C)N(Cc2ccccc2)[C@H]1[C@H](CC(CC)CC)NC(C)=O. The molecule has 1 aromatic rings. The summed E-state index contributed by atoms with van der Waals surface area (Å²) in [4.78, 5) is 27.7. The van der Waals surface area contributed by atoms with Gasteiger partial charge in [-0.05, 0) is 51.0 Å². The van der Waals surface area contributed by atoms with Crippen LogP contribution in [-0.2, 0) is 20.9 Å². The Balaban J connectivity index is 2.46. The maximum absolute atomic E-state index is 13.3. The highest BCUT2D eigenvalue weighted by Crippen LogP contribution is 2.37. The van der Waals surface area contributed by atoms with Gasteiger partial charge in [-0.1, -0.05) is 63.1 Å². The summed E-state index contributed by atoms with van der Waals surface area (Å²) in [5, 5.41) is 3.23. The summed E-state index contributed by atoms with van der Waals surface area (Å²) in [5.41, 5.74) is 0.587. The number of likely N-dealkylation sites (tertiary alicyclic amines) is 1. The summed E-state index contributed by atoms with van der Waals surface area (Å²) in [7, 11) is 0. The first-order valence-corrected chi connectivity index (χ1v) is 12.0. The number of hydrogen-bond donors (Lipinski definition) is 1. The molecular weight excluding hydrogens is 400 g/mol. The maximum Gasteiger partial charge on any atom is 0.323 e. The first-order valence-electron chi connectivity index (χ1n) is 12.0. The van der Waals surface area contributed by atoms with Crippen LogP contribution in [0.2, 0.25) is 0 Å². The number of ether oxygens (including phenoxy) is 1. The molecular formula is C27H42N2O3. The Morgan fingerprint density at radius 3 is 2.34 bits per heavy atom. The number of benzene rings is 1. The maximum atomic E-state index is 13.3. The molecule has 0 spiro atoms. The van der Waals surface area contributed by atoms with Crippen LogP contribution < -0.4 is 5.32 Å². The van der Waals surface area contributed by atoms with E-state index in [1.807, 2.05) is 45.0 Å². The normalized spacial score (nSPS) is 22.5. The molecule has 0 saturated carbocycles. The molecule has 0 radical (unpaired) electrons. The van der Waals surface area contributed by atoms with Gasteiger partial charge in [0.15, 0.2) is 0 Å². The van der Waals surface area contributed by atoms with Crippen molar-refractivity contribution < 1.29 is 14.3 Å². The van der Waals surface area contributed by atoms with Crippen molar-refractivity contribution in [3.63, 3.8) is 0 Å². The van der Waals surface area contributed by atoms with Crippen LogP contribution in [0.15, 0.2) is 43.0 Å². The molecule has 0 aliphatic carbocycles. The van der Waals surface area contributed by atoms with Crippen molar-refractivity contribution >= 4 is 11.9 Å². The van der Waals surface area contributed by atoms with E-state index in [2.05, 4.69) is 42.8 Å². The monoisotopic (exact) mass is 442 g/mol. The van der Waals surface area contributed by atoms with Crippen molar-refractivity contribution in [2.45, 2.75) is 97.5 Å². The van der Waals surface area contributed by atoms with Crippen molar-refractivity contribution in [2.75, 3.05) is 0 Å². The molecule has 178 valence electrons. The Morgan fingerprint density at radius 2 is 1.84 bits per heavy atom. The second-order valence-corrected chi connectivity index (χ2v) is 10.1. The summed E-state index contributed by atoms with van der Waals surface area (Å²) in [6.07, 6.45) is 5.61. The van der Waals surface area contributed by atoms with Gasteiger partial charge in [0.1, 0.15) is 11.6 Å². The van der Waals surface area contributed by atoms with Crippen LogP contribution in [-0.4, -0.2) is 40.5 Å². The van der Waals surface area contributed by atoms with Crippen LogP contribution in [0.4, 0.5) is 0 Å². The molecule has 0 aromatic heterocycles. The average Bonchev–Trinajstić information content (AvgIpc) is 3.08. The van der Waals surface area contributed by atoms with E-state index in [1.54, 1.807) is 6.92 Å². The number of carbonyl (C=O) groups excluding carboxylic acids is 2. The molecule has 1 heterocycles. The standard InChI is InChI=1S/C27H42N2O3/c1-8-20(9-2)16-23(28-19(4)30)25-22(10-3)17-24(26(31)32-27(5,6)7)29(25)18-21-14-12-11-13-15-21/h10-15,20,22-25H,3,8-9,16-18H2,1-2,4-7H3,(H,28,30)/t22-,23+,24-,25-/m1/s1. The topological polar surface area (TPSA) is 58.6 Å². The lowest BCUT2D eigenvalue weighted by atomic mass is 9.85. The van der Waals surface area contributed by atoms with E-state index in [1.165, 1.54) is 0 Å². The molecule has 1 aromatic carbocycles. The first-order chi connectivity index (χ1) is 15.1. The highest BCUT2D eigenvalue weighted by Gasteiger charge is 2.48. The van der Waals surface area contributed by atoms with Crippen molar-refractivity contribution in [1.82, 2.24) is 10.2 Å². The first kappa shape index (κ1) is 26.1. The zero-order chi connectivity index (χ0) is 23.9. The van der Waals surface area contributed by atoms with Gasteiger partial charge in [0.25, 0.3) is 0 Å². The lowest BCUT2D eigenvalue weighted by Gasteiger charge is -2.38. The lowest BCUT2D eigenvalue weighted by Crippen LogP contribution is -2.54. The predicted molar refractivity (Wildman–Crippen MR) is 130 cm³/mol. The number of nitrogens with zero attached hydrogens (tertiary/aromatic N) is 1. The van der Waals surface area contributed by atoms with E-state index in [9.17, 15) is 9.59 Å². The minimum absolute atomic E-state index is 0.0188. The quantitative estimate of drug-likeness (QED) is 0.404. The molecule has 32 heavy (non-hydrogen) atoms. The second kappa shape index (κ2) is 11.6. The third kappa shape index (κ3) is 7.19. The van der Waals surface area contributed by atoms with E-state index < -0.39 is 5.60 Å². The number of esters is 1. The van der Waals surface area contributed by atoms with Gasteiger partial charge in [-0.15, -0.1) is 6.58 Å². The van der Waals surface area contributed by atoms with Gasteiger partial charge in [-0.3, -0.25) is 14.5 Å². The van der Waals surface area contributed by atoms with Crippen LogP contribution in [0, 0.1) is 11.8 Å². The Morgan fingerprint density at radius 1 is 1.22 bits per heavy atom. The van der Waals surface area contributed by atoms with Crippen molar-refractivity contribution in [1.29, 1.82) is 0 Å². The zero-order valence-electron chi connectivity index (χ0n) is 20.8. The van der Waals surface area contributed by atoms with Gasteiger partial charge in [-0.25, -0.2) is 0 Å². The van der Waals surface area contributed by atoms with Crippen molar-refractivity contribution in [3.05, 3.63) is 48.6 Å². The molecule has 0 unspecified atom stereocenters. The van der Waals surface area contributed by atoms with Crippen LogP contribution in [0.5, 0.6) is 0 Å². The van der Waals surface area contributed by atoms with Crippen molar-refractivity contribution in [3.8, 4) is 0 Å². The van der Waals surface area contributed by atoms with Gasteiger partial charge in [0.2, 0.25) is 5.91 Å². The van der Waals surface area contributed by atoms with Crippen LogP contribution in [0.1, 0.15) is 72.8 Å². The third-order valence-electron chi connectivity index (χ3n) is 6.45. The molecule has 0 bridgehead atoms. The zero-order valence-corrected chi connectivity index (χ0v) is 20.8. The largest absolute Gasteiger partial charge is 0.459 e. The molecule has 1 saturated heterocycles. The molecule has 4 atom stereocenters. The summed E-state index contributed by atoms with van der Waals surface area (Å²) in [6, 6.07) is 9.74. The van der Waals surface area contributed by atoms with Gasteiger partial charge in [0.05, 0.1) is 0 Å². The van der Waals surface area contributed by atoms with Gasteiger partial charge < -0.3 is 10.1 Å². The molecule has 1 aliphatic heterocycles. The van der Waals surface area contributed by atoms with E-state index in [0.717, 1.165) is 24.8 Å². The fourth-order valence-corrected chi connectivity index (χ4v) is 4.89. The minimum Gasteiger partial charge on any atom is -0.459 e. The summed E-state index contributed by atoms with van der Waals surface area (Å²) < 4.78 is 5.81. The average molecular weight is 443 g/mol. The Kier molecular flexibility index (Phi) is 9.50. The van der Waals surface area contributed by atoms with Gasteiger partial charge in [0, 0.05) is 25.6 Å². The van der Waals surface area contributed by atoms with Crippen LogP contribution in [0.25, 0.3) is 0 Å². The summed E-state index contributed by atoms with van der Waals surface area (Å²) >= 11 is 0. The van der Waals surface area contributed by atoms with E-state index in [-0.39, 0.29) is 35.9 Å². The van der Waals surface area contributed by atoms with Crippen LogP contribution >= 0.6 is 0 Å². The molecule has 2 rings (SSSR count). The Hall–Kier alpha value is -2.14. The van der Waals surface area contributed by atoms with E-state index >= 15 is 0 Å². The van der Waals surface area contributed by atoms with Crippen molar-refractivity contribution in [2.24, 2.45) is 11.8 Å². The molecule has 5 nitrogen and oxygen atoms in total. The number of hydrogen-bond acceptors (Lipinski definition) is 4. The minimum atomic E-state index is -0.552. The fraction of sp³-hybridized carbons (Fsp3) is 0.630. The number of nitrogens with one attached hydrogen (secondary N) is 1. The van der Waals surface area contributed by atoms with Gasteiger partial charge in [-0.2, -0.15) is 0 Å². The highest BCUT2D eigenvalue weighted by molar-refractivity contribution is 5.77. The Labute approximate surface area is 194 Å². The van der Waals surface area contributed by atoms with E-state index in [0.29, 0.717) is 18.9 Å². The molecule has 1 fully saturated rings. The summed E-state index contributed by atoms with van der Waals surface area (Å²) in [6.45, 7) is 16.4. The number of rotatable bonds is 10. The molecule has 1 aliphatic rings. The molecule has 5 heteroatoms.